The van der Waals surface area contributed by atoms with E-state index in [-0.39, 0.29) is 5.91 Å². The van der Waals surface area contributed by atoms with Gasteiger partial charge in [-0.25, -0.2) is 14.8 Å². The van der Waals surface area contributed by atoms with Crippen LogP contribution in [0.2, 0.25) is 5.02 Å². The Bertz CT molecular complexity index is 1490. The minimum absolute atomic E-state index is 0.0251. The number of pyridine rings is 1. The molecule has 10 heteroatoms. The summed E-state index contributed by atoms with van der Waals surface area (Å²) in [6.45, 7) is 3.05. The van der Waals surface area contributed by atoms with Crippen molar-refractivity contribution >= 4 is 34.5 Å². The number of aromatic nitrogens is 6. The molecule has 1 fully saturated rings. The molecule has 180 valence electrons. The van der Waals surface area contributed by atoms with Crippen molar-refractivity contribution in [2.75, 3.05) is 31.1 Å². The Labute approximate surface area is 212 Å². The first-order valence-corrected chi connectivity index (χ1v) is 12.1. The molecule has 2 aromatic carbocycles. The first kappa shape index (κ1) is 22.2. The number of piperazine rings is 1. The summed E-state index contributed by atoms with van der Waals surface area (Å²) < 4.78 is 1.84. The van der Waals surface area contributed by atoms with Gasteiger partial charge in [-0.3, -0.25) is 4.79 Å². The lowest BCUT2D eigenvalue weighted by molar-refractivity contribution is 0.0748. The van der Waals surface area contributed by atoms with Crippen LogP contribution < -0.4 is 4.90 Å². The van der Waals surface area contributed by atoms with Gasteiger partial charge in [-0.05, 0) is 23.8 Å². The Kier molecular flexibility index (Phi) is 5.82. The maximum Gasteiger partial charge on any atom is 0.254 e. The van der Waals surface area contributed by atoms with E-state index in [4.69, 9.17) is 16.6 Å². The Hall–Kier alpha value is -4.24. The van der Waals surface area contributed by atoms with Crippen molar-refractivity contribution in [3.63, 3.8) is 0 Å². The zero-order valence-corrected chi connectivity index (χ0v) is 20.1. The summed E-state index contributed by atoms with van der Waals surface area (Å²) in [5, 5.41) is 12.9. The largest absolute Gasteiger partial charge is 0.338 e. The molecule has 6 rings (SSSR count). The third-order valence-electron chi connectivity index (χ3n) is 6.42. The van der Waals surface area contributed by atoms with Crippen LogP contribution in [0.4, 0.5) is 5.95 Å². The molecule has 1 aliphatic rings. The van der Waals surface area contributed by atoms with E-state index in [2.05, 4.69) is 25.2 Å². The summed E-state index contributed by atoms with van der Waals surface area (Å²) in [6, 6.07) is 19.4. The molecule has 0 saturated carbocycles. The summed E-state index contributed by atoms with van der Waals surface area (Å²) in [4.78, 5) is 26.9. The maximum absolute atomic E-state index is 13.8. The number of rotatable bonds is 5. The fourth-order valence-corrected chi connectivity index (χ4v) is 4.63. The smallest absolute Gasteiger partial charge is 0.254 e. The van der Waals surface area contributed by atoms with Crippen LogP contribution in [0.25, 0.3) is 22.3 Å². The van der Waals surface area contributed by atoms with Crippen molar-refractivity contribution in [3.8, 4) is 11.3 Å². The zero-order chi connectivity index (χ0) is 24.5. The van der Waals surface area contributed by atoms with Crippen molar-refractivity contribution < 1.29 is 4.79 Å². The predicted molar refractivity (Wildman–Crippen MR) is 138 cm³/mol. The average Bonchev–Trinajstić information content (AvgIpc) is 3.61. The lowest BCUT2D eigenvalue weighted by Gasteiger charge is -2.34. The molecule has 3 aromatic heterocycles. The third kappa shape index (κ3) is 4.29. The van der Waals surface area contributed by atoms with Crippen LogP contribution in [0.15, 0.2) is 73.2 Å². The fraction of sp³-hybridized carbons (Fsp3) is 0.192. The molecule has 36 heavy (non-hydrogen) atoms. The summed E-state index contributed by atoms with van der Waals surface area (Å²) in [5.41, 5.74) is 4.02. The van der Waals surface area contributed by atoms with E-state index in [9.17, 15) is 4.79 Å². The van der Waals surface area contributed by atoms with Crippen molar-refractivity contribution in [1.29, 1.82) is 0 Å². The number of nitrogens with zero attached hydrogens (tertiary/aromatic N) is 7. The number of halogens is 1. The molecule has 4 heterocycles. The molecule has 0 aliphatic carbocycles. The van der Waals surface area contributed by atoms with Gasteiger partial charge in [-0.2, -0.15) is 15.2 Å². The lowest BCUT2D eigenvalue weighted by atomic mass is 10.1. The number of hydrogen-bond donors (Lipinski definition) is 1. The van der Waals surface area contributed by atoms with Crippen molar-refractivity contribution in [3.05, 3.63) is 89.3 Å². The number of nitrogens with one attached hydrogen (secondary N) is 1. The number of benzene rings is 2. The summed E-state index contributed by atoms with van der Waals surface area (Å²) in [6.07, 6.45) is 3.23. The van der Waals surface area contributed by atoms with Crippen molar-refractivity contribution in [2.45, 2.75) is 6.54 Å². The predicted octanol–water partition coefficient (Wildman–Crippen LogP) is 3.88. The van der Waals surface area contributed by atoms with E-state index >= 15 is 0 Å². The second-order valence-corrected chi connectivity index (χ2v) is 9.11. The molecule has 5 aromatic rings. The highest BCUT2D eigenvalue weighted by atomic mass is 35.5. The highest BCUT2D eigenvalue weighted by molar-refractivity contribution is 6.30. The van der Waals surface area contributed by atoms with E-state index in [1.165, 1.54) is 6.33 Å². The van der Waals surface area contributed by atoms with Gasteiger partial charge < -0.3 is 9.80 Å². The fourth-order valence-electron chi connectivity index (χ4n) is 4.50. The van der Waals surface area contributed by atoms with Crippen LogP contribution in [0.5, 0.6) is 0 Å². The number of aromatic amines is 1. The number of H-pyrrole nitrogens is 1. The van der Waals surface area contributed by atoms with Crippen molar-refractivity contribution in [1.82, 2.24) is 34.8 Å². The van der Waals surface area contributed by atoms with E-state index in [1.807, 2.05) is 70.2 Å². The van der Waals surface area contributed by atoms with Crippen LogP contribution in [-0.4, -0.2) is 66.9 Å². The third-order valence-corrected chi connectivity index (χ3v) is 6.68. The van der Waals surface area contributed by atoms with Crippen LogP contribution in [0.3, 0.4) is 0 Å². The highest BCUT2D eigenvalue weighted by Crippen LogP contribution is 2.27. The first-order chi connectivity index (χ1) is 17.7. The summed E-state index contributed by atoms with van der Waals surface area (Å²) in [5.74, 6) is 0.700. The van der Waals surface area contributed by atoms with Gasteiger partial charge in [0.15, 0.2) is 5.65 Å². The van der Waals surface area contributed by atoms with Gasteiger partial charge in [0.25, 0.3) is 5.91 Å². The maximum atomic E-state index is 13.8. The molecule has 0 unspecified atom stereocenters. The van der Waals surface area contributed by atoms with Crippen LogP contribution in [0.1, 0.15) is 15.9 Å². The Morgan fingerprint density at radius 3 is 2.50 bits per heavy atom. The van der Waals surface area contributed by atoms with Crippen molar-refractivity contribution in [2.24, 2.45) is 0 Å². The topological polar surface area (TPSA) is 95.8 Å². The van der Waals surface area contributed by atoms with Gasteiger partial charge in [-0.1, -0.05) is 54.1 Å². The van der Waals surface area contributed by atoms with Crippen LogP contribution in [-0.2, 0) is 6.54 Å². The molecule has 0 atom stereocenters. The molecule has 1 saturated heterocycles. The van der Waals surface area contributed by atoms with Gasteiger partial charge in [-0.15, -0.1) is 0 Å². The Morgan fingerprint density at radius 1 is 1.00 bits per heavy atom. The summed E-state index contributed by atoms with van der Waals surface area (Å²) >= 11 is 6.06. The van der Waals surface area contributed by atoms with Gasteiger partial charge in [0.2, 0.25) is 5.95 Å². The highest BCUT2D eigenvalue weighted by Gasteiger charge is 2.26. The van der Waals surface area contributed by atoms with Gasteiger partial charge in [0, 0.05) is 36.8 Å². The van der Waals surface area contributed by atoms with E-state index in [0.717, 1.165) is 28.2 Å². The zero-order valence-electron chi connectivity index (χ0n) is 19.4. The molecule has 0 spiro atoms. The molecule has 9 nitrogen and oxygen atoms in total. The quantitative estimate of drug-likeness (QED) is 0.395. The molecule has 1 N–H and O–H groups in total. The van der Waals surface area contributed by atoms with Crippen LogP contribution in [0, 0.1) is 0 Å². The molecular formula is C26H23ClN8O. The van der Waals surface area contributed by atoms with Gasteiger partial charge in [0.05, 0.1) is 29.4 Å². The number of anilines is 1. The van der Waals surface area contributed by atoms with E-state index in [1.54, 1.807) is 6.20 Å². The van der Waals surface area contributed by atoms with Gasteiger partial charge >= 0.3 is 0 Å². The molecular weight excluding hydrogens is 476 g/mol. The second kappa shape index (κ2) is 9.43. The molecule has 0 radical (unpaired) electrons. The standard InChI is InChI=1S/C26H23ClN8O/c27-20-8-6-18(7-9-20)16-35-24-22(15-30-35)21(14-23(31-24)19-4-2-1-3-5-19)25(36)33-10-12-34(13-11-33)26-28-17-29-32-26/h1-9,14-15,17H,10-13,16H2,(H,28,29,32). The van der Waals surface area contributed by atoms with Gasteiger partial charge in [0.1, 0.15) is 6.33 Å². The van der Waals surface area contributed by atoms with E-state index < -0.39 is 0 Å². The Morgan fingerprint density at radius 2 is 1.78 bits per heavy atom. The number of carbonyl (C=O) groups excluding carboxylic acids is 1. The molecule has 0 bridgehead atoms. The Balaban J connectivity index is 1.35. The minimum Gasteiger partial charge on any atom is -0.338 e. The number of amides is 1. The molecule has 1 aliphatic heterocycles. The first-order valence-electron chi connectivity index (χ1n) is 11.7. The molecule has 1 amide bonds. The minimum atomic E-state index is -0.0251. The number of carbonyl (C=O) groups is 1. The SMILES string of the molecule is O=C(c1cc(-c2ccccc2)nc2c1cnn2Cc1ccc(Cl)cc1)N1CCN(c2ncn[nH]2)CC1. The monoisotopic (exact) mass is 498 g/mol. The number of hydrogen-bond acceptors (Lipinski definition) is 6. The normalized spacial score (nSPS) is 13.9. The summed E-state index contributed by atoms with van der Waals surface area (Å²) in [7, 11) is 0. The van der Waals surface area contributed by atoms with Crippen LogP contribution >= 0.6 is 11.6 Å². The second-order valence-electron chi connectivity index (χ2n) is 8.68. The average molecular weight is 499 g/mol. The van der Waals surface area contributed by atoms with E-state index in [0.29, 0.717) is 49.0 Å². The lowest BCUT2D eigenvalue weighted by Crippen LogP contribution is -2.49. The number of fused-ring (bicyclic) bond motifs is 1.